The fourth-order valence-electron chi connectivity index (χ4n) is 1.83. The Morgan fingerprint density at radius 1 is 1.20 bits per heavy atom. The highest BCUT2D eigenvalue weighted by molar-refractivity contribution is 6.84. The molecule has 0 saturated carbocycles. The molecule has 1 rings (SSSR count). The monoisotopic (exact) mass is 222 g/mol. The molecule has 0 heterocycles. The van der Waals surface area contributed by atoms with Crippen molar-refractivity contribution in [1.29, 1.82) is 0 Å². The largest absolute Gasteiger partial charge is 0.413 e. The Morgan fingerprint density at radius 3 is 2.53 bits per heavy atom. The van der Waals surface area contributed by atoms with Crippen LogP contribution < -0.4 is 5.19 Å². The summed E-state index contributed by atoms with van der Waals surface area (Å²) in [5.74, 6) is 0. The van der Waals surface area contributed by atoms with Gasteiger partial charge >= 0.3 is 0 Å². The minimum atomic E-state index is -1.64. The van der Waals surface area contributed by atoms with Gasteiger partial charge in [-0.05, 0) is 37.2 Å². The molecule has 1 aromatic carbocycles. The van der Waals surface area contributed by atoms with Crippen LogP contribution in [-0.4, -0.2) is 14.9 Å². The van der Waals surface area contributed by atoms with Gasteiger partial charge in [-0.3, -0.25) is 0 Å². The van der Waals surface area contributed by atoms with Gasteiger partial charge in [-0.25, -0.2) is 0 Å². The third-order valence-corrected chi connectivity index (χ3v) is 5.38. The first kappa shape index (κ1) is 12.5. The minimum Gasteiger partial charge on any atom is -0.413 e. The molecule has 0 unspecified atom stereocenters. The SMILES string of the molecule is CCCc1cccc([Si](C)(C)OCC)c1. The van der Waals surface area contributed by atoms with Gasteiger partial charge in [0, 0.05) is 6.61 Å². The highest BCUT2D eigenvalue weighted by Crippen LogP contribution is 2.08. The van der Waals surface area contributed by atoms with E-state index in [1.54, 1.807) is 0 Å². The van der Waals surface area contributed by atoms with E-state index in [1.165, 1.54) is 23.6 Å². The Kier molecular flexibility index (Phi) is 4.55. The summed E-state index contributed by atoms with van der Waals surface area (Å²) in [6.07, 6.45) is 2.38. The topological polar surface area (TPSA) is 9.23 Å². The molecule has 0 N–H and O–H groups in total. The van der Waals surface area contributed by atoms with Crippen molar-refractivity contribution in [2.45, 2.75) is 39.8 Å². The van der Waals surface area contributed by atoms with Crippen molar-refractivity contribution in [3.63, 3.8) is 0 Å². The number of benzene rings is 1. The molecule has 0 aliphatic heterocycles. The fraction of sp³-hybridized carbons (Fsp3) is 0.538. The van der Waals surface area contributed by atoms with Gasteiger partial charge in [0.1, 0.15) is 0 Å². The second kappa shape index (κ2) is 5.47. The highest BCUT2D eigenvalue weighted by atomic mass is 28.4. The van der Waals surface area contributed by atoms with E-state index in [9.17, 15) is 0 Å². The summed E-state index contributed by atoms with van der Waals surface area (Å²) >= 11 is 0. The average Bonchev–Trinajstić information content (AvgIpc) is 2.19. The van der Waals surface area contributed by atoms with E-state index in [1.807, 2.05) is 0 Å². The van der Waals surface area contributed by atoms with Gasteiger partial charge in [0.25, 0.3) is 0 Å². The van der Waals surface area contributed by atoms with Crippen LogP contribution in [0.25, 0.3) is 0 Å². The maximum Gasteiger partial charge on any atom is 0.218 e. The van der Waals surface area contributed by atoms with E-state index in [0.717, 1.165) is 6.61 Å². The predicted octanol–water partition coefficient (Wildman–Crippen LogP) is 3.09. The molecule has 1 aromatic rings. The van der Waals surface area contributed by atoms with Gasteiger partial charge in [0.15, 0.2) is 0 Å². The van der Waals surface area contributed by atoms with Gasteiger partial charge in [-0.2, -0.15) is 0 Å². The lowest BCUT2D eigenvalue weighted by molar-refractivity contribution is 0.339. The summed E-state index contributed by atoms with van der Waals surface area (Å²) in [6.45, 7) is 9.64. The van der Waals surface area contributed by atoms with Crippen molar-refractivity contribution < 1.29 is 4.43 Å². The van der Waals surface area contributed by atoms with E-state index in [2.05, 4.69) is 51.2 Å². The first-order valence-corrected chi connectivity index (χ1v) is 8.74. The van der Waals surface area contributed by atoms with Crippen LogP contribution in [0.3, 0.4) is 0 Å². The molecular weight excluding hydrogens is 200 g/mol. The molecular formula is C13H22OSi. The molecule has 0 amide bonds. The quantitative estimate of drug-likeness (QED) is 0.696. The van der Waals surface area contributed by atoms with Gasteiger partial charge < -0.3 is 4.43 Å². The Balaban J connectivity index is 2.88. The smallest absolute Gasteiger partial charge is 0.218 e. The van der Waals surface area contributed by atoms with E-state index >= 15 is 0 Å². The molecule has 0 aliphatic rings. The second-order valence-electron chi connectivity index (χ2n) is 4.39. The maximum absolute atomic E-state index is 5.89. The molecule has 0 radical (unpaired) electrons. The molecule has 0 fully saturated rings. The van der Waals surface area contributed by atoms with Crippen molar-refractivity contribution in [2.75, 3.05) is 6.61 Å². The third-order valence-electron chi connectivity index (χ3n) is 2.67. The molecule has 1 nitrogen and oxygen atoms in total. The number of hydrogen-bond acceptors (Lipinski definition) is 1. The lowest BCUT2D eigenvalue weighted by Gasteiger charge is -2.23. The molecule has 0 saturated heterocycles. The van der Waals surface area contributed by atoms with E-state index in [-0.39, 0.29) is 0 Å². The van der Waals surface area contributed by atoms with Crippen LogP contribution in [0, 0.1) is 0 Å². The molecule has 84 valence electrons. The summed E-state index contributed by atoms with van der Waals surface area (Å²) in [7, 11) is -1.64. The third kappa shape index (κ3) is 3.47. The standard InChI is InChI=1S/C13H22OSi/c1-5-8-12-9-7-10-13(11-12)15(3,4)14-6-2/h7,9-11H,5-6,8H2,1-4H3. The summed E-state index contributed by atoms with van der Waals surface area (Å²) in [5, 5.41) is 1.41. The van der Waals surface area contributed by atoms with Crippen molar-refractivity contribution >= 4 is 13.5 Å². The number of rotatable bonds is 5. The van der Waals surface area contributed by atoms with Crippen molar-refractivity contribution in [3.05, 3.63) is 29.8 Å². The number of aryl methyl sites for hydroxylation is 1. The highest BCUT2D eigenvalue weighted by Gasteiger charge is 2.24. The van der Waals surface area contributed by atoms with E-state index in [4.69, 9.17) is 4.43 Å². The summed E-state index contributed by atoms with van der Waals surface area (Å²) in [6, 6.07) is 8.91. The summed E-state index contributed by atoms with van der Waals surface area (Å²) in [4.78, 5) is 0. The predicted molar refractivity (Wildman–Crippen MR) is 69.2 cm³/mol. The van der Waals surface area contributed by atoms with Crippen molar-refractivity contribution in [3.8, 4) is 0 Å². The van der Waals surface area contributed by atoms with E-state index in [0.29, 0.717) is 0 Å². The van der Waals surface area contributed by atoms with E-state index < -0.39 is 8.32 Å². The number of hydrogen-bond donors (Lipinski definition) is 0. The van der Waals surface area contributed by atoms with Crippen molar-refractivity contribution in [1.82, 2.24) is 0 Å². The molecule has 2 heteroatoms. The van der Waals surface area contributed by atoms with Crippen LogP contribution in [0.15, 0.2) is 24.3 Å². The first-order valence-electron chi connectivity index (χ1n) is 5.83. The van der Waals surface area contributed by atoms with Crippen LogP contribution in [0.5, 0.6) is 0 Å². The Morgan fingerprint density at radius 2 is 1.93 bits per heavy atom. The van der Waals surface area contributed by atoms with Crippen LogP contribution in [0.1, 0.15) is 25.8 Å². The van der Waals surface area contributed by atoms with Crippen molar-refractivity contribution in [2.24, 2.45) is 0 Å². The zero-order chi connectivity index (χ0) is 11.3. The average molecular weight is 222 g/mol. The summed E-state index contributed by atoms with van der Waals surface area (Å²) < 4.78 is 5.89. The Labute approximate surface area is 94.6 Å². The fourth-order valence-corrected chi connectivity index (χ4v) is 3.75. The van der Waals surface area contributed by atoms with Gasteiger partial charge in [-0.15, -0.1) is 0 Å². The molecule has 15 heavy (non-hydrogen) atoms. The molecule has 0 spiro atoms. The van der Waals surface area contributed by atoms with Crippen LogP contribution in [0.2, 0.25) is 13.1 Å². The molecule has 0 aliphatic carbocycles. The van der Waals surface area contributed by atoms with Crippen LogP contribution >= 0.6 is 0 Å². The minimum absolute atomic E-state index is 0.817. The van der Waals surface area contributed by atoms with Crippen LogP contribution in [-0.2, 0) is 10.8 Å². The van der Waals surface area contributed by atoms with Gasteiger partial charge in [0.2, 0.25) is 8.32 Å². The Hall–Kier alpha value is -0.603. The normalized spacial score (nSPS) is 11.7. The second-order valence-corrected chi connectivity index (χ2v) is 8.28. The lowest BCUT2D eigenvalue weighted by atomic mass is 10.1. The molecule has 0 bridgehead atoms. The molecule has 0 aromatic heterocycles. The van der Waals surface area contributed by atoms with Gasteiger partial charge in [0.05, 0.1) is 0 Å². The van der Waals surface area contributed by atoms with Crippen LogP contribution in [0.4, 0.5) is 0 Å². The lowest BCUT2D eigenvalue weighted by Crippen LogP contribution is -2.44. The molecule has 0 atom stereocenters. The first-order chi connectivity index (χ1) is 7.10. The zero-order valence-corrected chi connectivity index (χ0v) is 11.3. The summed E-state index contributed by atoms with van der Waals surface area (Å²) in [5.41, 5.74) is 1.44. The van der Waals surface area contributed by atoms with Gasteiger partial charge in [-0.1, -0.05) is 37.6 Å². The maximum atomic E-state index is 5.89. The Bertz CT molecular complexity index is 307. The zero-order valence-electron chi connectivity index (χ0n) is 10.3.